The van der Waals surface area contributed by atoms with Gasteiger partial charge in [0.25, 0.3) is 0 Å². The predicted molar refractivity (Wildman–Crippen MR) is 68.8 cm³/mol. The molecule has 0 aliphatic rings. The lowest BCUT2D eigenvalue weighted by Gasteiger charge is -2.16. The number of thiazole rings is 1. The van der Waals surface area contributed by atoms with Crippen molar-refractivity contribution >= 4 is 11.3 Å². The Hall–Kier alpha value is -1.33. The van der Waals surface area contributed by atoms with Crippen molar-refractivity contribution in [2.75, 3.05) is 7.05 Å². The molecule has 0 spiro atoms. The van der Waals surface area contributed by atoms with E-state index in [0.717, 1.165) is 27.7 Å². The molecule has 0 aliphatic heterocycles. The lowest BCUT2D eigenvalue weighted by molar-refractivity contribution is 0.559. The number of rotatable bonds is 3. The highest BCUT2D eigenvalue weighted by Gasteiger charge is 2.21. The molecule has 18 heavy (non-hydrogen) atoms. The summed E-state index contributed by atoms with van der Waals surface area (Å²) in [6.07, 6.45) is 0. The zero-order valence-corrected chi connectivity index (χ0v) is 11.2. The highest BCUT2D eigenvalue weighted by atomic mass is 32.1. The van der Waals surface area contributed by atoms with E-state index in [0.29, 0.717) is 5.56 Å². The van der Waals surface area contributed by atoms with Crippen molar-refractivity contribution in [1.29, 1.82) is 0 Å². The summed E-state index contributed by atoms with van der Waals surface area (Å²) in [6, 6.07) is 3.13. The highest BCUT2D eigenvalue weighted by Crippen LogP contribution is 2.31. The molecule has 0 aliphatic carbocycles. The van der Waals surface area contributed by atoms with Crippen LogP contribution in [0.2, 0.25) is 0 Å². The van der Waals surface area contributed by atoms with Gasteiger partial charge in [-0.3, -0.25) is 0 Å². The molecule has 1 aromatic heterocycles. The number of hydrogen-bond acceptors (Lipinski definition) is 3. The van der Waals surface area contributed by atoms with Gasteiger partial charge in [0.15, 0.2) is 0 Å². The Morgan fingerprint density at radius 3 is 2.56 bits per heavy atom. The molecule has 0 fully saturated rings. The third-order valence-electron chi connectivity index (χ3n) is 2.76. The summed E-state index contributed by atoms with van der Waals surface area (Å²) in [7, 11) is 1.73. The molecule has 0 saturated heterocycles. The molecule has 1 aromatic carbocycles. The summed E-state index contributed by atoms with van der Waals surface area (Å²) >= 11 is 1.49. The van der Waals surface area contributed by atoms with E-state index < -0.39 is 11.6 Å². The zero-order chi connectivity index (χ0) is 13.3. The van der Waals surface area contributed by atoms with Crippen LogP contribution in [0.4, 0.5) is 8.78 Å². The smallest absolute Gasteiger partial charge is 0.128 e. The van der Waals surface area contributed by atoms with Crippen LogP contribution in [0.3, 0.4) is 0 Å². The van der Waals surface area contributed by atoms with Crippen LogP contribution in [-0.2, 0) is 0 Å². The first-order valence-corrected chi connectivity index (χ1v) is 6.40. The first-order chi connectivity index (χ1) is 8.52. The van der Waals surface area contributed by atoms with Crippen molar-refractivity contribution in [2.24, 2.45) is 0 Å². The Bertz CT molecular complexity index is 566. The number of aryl methyl sites for hydroxylation is 2. The monoisotopic (exact) mass is 268 g/mol. The third-order valence-corrected chi connectivity index (χ3v) is 3.90. The quantitative estimate of drug-likeness (QED) is 0.923. The maximum absolute atomic E-state index is 13.8. The summed E-state index contributed by atoms with van der Waals surface area (Å²) < 4.78 is 27.1. The average Bonchev–Trinajstić information content (AvgIpc) is 2.64. The summed E-state index contributed by atoms with van der Waals surface area (Å²) in [5, 5.41) is 3.94. The third kappa shape index (κ3) is 2.42. The lowest BCUT2D eigenvalue weighted by Crippen LogP contribution is -2.19. The minimum atomic E-state index is -0.439. The molecule has 5 heteroatoms. The summed E-state index contributed by atoms with van der Waals surface area (Å²) in [5.74, 6) is -0.855. The van der Waals surface area contributed by atoms with Crippen LogP contribution in [0.25, 0.3) is 0 Å². The van der Waals surface area contributed by atoms with Crippen molar-refractivity contribution < 1.29 is 8.78 Å². The number of benzene rings is 1. The van der Waals surface area contributed by atoms with E-state index in [1.165, 1.54) is 17.4 Å². The van der Waals surface area contributed by atoms with Gasteiger partial charge < -0.3 is 5.32 Å². The first kappa shape index (κ1) is 13.1. The second-order valence-electron chi connectivity index (χ2n) is 4.07. The van der Waals surface area contributed by atoms with Gasteiger partial charge in [0, 0.05) is 10.4 Å². The molecule has 0 bridgehead atoms. The summed E-state index contributed by atoms with van der Waals surface area (Å²) in [5.41, 5.74) is 1.16. The highest BCUT2D eigenvalue weighted by molar-refractivity contribution is 7.11. The molecule has 2 aromatic rings. The zero-order valence-electron chi connectivity index (χ0n) is 10.4. The van der Waals surface area contributed by atoms with E-state index in [-0.39, 0.29) is 6.04 Å². The Kier molecular flexibility index (Phi) is 3.73. The maximum atomic E-state index is 13.8. The lowest BCUT2D eigenvalue weighted by atomic mass is 10.0. The Balaban J connectivity index is 2.51. The number of nitrogens with zero attached hydrogens (tertiary/aromatic N) is 1. The van der Waals surface area contributed by atoms with Crippen LogP contribution in [0.1, 0.15) is 27.2 Å². The van der Waals surface area contributed by atoms with Crippen molar-refractivity contribution in [3.8, 4) is 0 Å². The van der Waals surface area contributed by atoms with Gasteiger partial charge in [0.2, 0.25) is 0 Å². The Labute approximate surface area is 109 Å². The Morgan fingerprint density at radius 2 is 2.00 bits per heavy atom. The van der Waals surface area contributed by atoms with Crippen LogP contribution < -0.4 is 5.32 Å². The normalized spacial score (nSPS) is 12.7. The molecule has 0 saturated carbocycles. The van der Waals surface area contributed by atoms with Gasteiger partial charge in [0.05, 0.1) is 16.7 Å². The molecule has 0 radical (unpaired) electrons. The van der Waals surface area contributed by atoms with Crippen LogP contribution >= 0.6 is 11.3 Å². The maximum Gasteiger partial charge on any atom is 0.128 e. The van der Waals surface area contributed by atoms with Crippen LogP contribution in [0, 0.1) is 25.5 Å². The van der Waals surface area contributed by atoms with E-state index in [9.17, 15) is 8.78 Å². The topological polar surface area (TPSA) is 24.9 Å². The van der Waals surface area contributed by atoms with Gasteiger partial charge >= 0.3 is 0 Å². The predicted octanol–water partition coefficient (Wildman–Crippen LogP) is 3.35. The van der Waals surface area contributed by atoms with Crippen LogP contribution in [0.15, 0.2) is 18.2 Å². The van der Waals surface area contributed by atoms with Gasteiger partial charge in [-0.2, -0.15) is 0 Å². The largest absolute Gasteiger partial charge is 0.309 e. The van der Waals surface area contributed by atoms with Gasteiger partial charge in [-0.1, -0.05) is 0 Å². The second kappa shape index (κ2) is 5.12. The van der Waals surface area contributed by atoms with Gasteiger partial charge in [0.1, 0.15) is 11.6 Å². The minimum Gasteiger partial charge on any atom is -0.309 e. The van der Waals surface area contributed by atoms with Crippen molar-refractivity contribution in [1.82, 2.24) is 10.3 Å². The summed E-state index contributed by atoms with van der Waals surface area (Å²) in [4.78, 5) is 5.24. The molecule has 1 N–H and O–H groups in total. The van der Waals surface area contributed by atoms with E-state index in [2.05, 4.69) is 10.3 Å². The molecule has 1 unspecified atom stereocenters. The molecule has 0 amide bonds. The average molecular weight is 268 g/mol. The standard InChI is InChI=1S/C13H14F2N2S/c1-7-13(18-8(2)17-7)12(16-3)10-6-9(14)4-5-11(10)15/h4-6,12,16H,1-3H3. The fourth-order valence-corrected chi connectivity index (χ4v) is 3.04. The first-order valence-electron chi connectivity index (χ1n) is 5.59. The fourth-order valence-electron chi connectivity index (χ4n) is 1.98. The van der Waals surface area contributed by atoms with Crippen LogP contribution in [0.5, 0.6) is 0 Å². The molecule has 2 rings (SSSR count). The molecular formula is C13H14F2N2S. The van der Waals surface area contributed by atoms with E-state index in [1.807, 2.05) is 13.8 Å². The molecule has 1 heterocycles. The number of nitrogens with one attached hydrogen (secondary N) is 1. The van der Waals surface area contributed by atoms with E-state index >= 15 is 0 Å². The molecule has 96 valence electrons. The fraction of sp³-hybridized carbons (Fsp3) is 0.308. The molecule has 1 atom stereocenters. The summed E-state index contributed by atoms with van der Waals surface area (Å²) in [6.45, 7) is 3.77. The van der Waals surface area contributed by atoms with E-state index in [1.54, 1.807) is 7.05 Å². The number of aromatic nitrogens is 1. The van der Waals surface area contributed by atoms with Crippen molar-refractivity contribution in [2.45, 2.75) is 19.9 Å². The Morgan fingerprint density at radius 1 is 1.28 bits per heavy atom. The SMILES string of the molecule is CNC(c1cc(F)ccc1F)c1sc(C)nc1C. The molecular weight excluding hydrogens is 254 g/mol. The second-order valence-corrected chi connectivity index (χ2v) is 5.30. The molecule has 2 nitrogen and oxygen atoms in total. The van der Waals surface area contributed by atoms with E-state index in [4.69, 9.17) is 0 Å². The minimum absolute atomic E-state index is 0.309. The van der Waals surface area contributed by atoms with Crippen molar-refractivity contribution in [3.63, 3.8) is 0 Å². The van der Waals surface area contributed by atoms with Gasteiger partial charge in [-0.15, -0.1) is 11.3 Å². The van der Waals surface area contributed by atoms with Crippen LogP contribution in [-0.4, -0.2) is 12.0 Å². The van der Waals surface area contributed by atoms with Gasteiger partial charge in [-0.25, -0.2) is 13.8 Å². The van der Waals surface area contributed by atoms with Gasteiger partial charge in [-0.05, 0) is 39.1 Å². The number of hydrogen-bond donors (Lipinski definition) is 1. The number of halogens is 2. The van der Waals surface area contributed by atoms with Crippen molar-refractivity contribution in [3.05, 3.63) is 51.0 Å².